The van der Waals surface area contributed by atoms with Gasteiger partial charge in [0.1, 0.15) is 12.2 Å². The lowest BCUT2D eigenvalue weighted by Gasteiger charge is -2.21. The lowest BCUT2D eigenvalue weighted by molar-refractivity contribution is -0.107. The van der Waals surface area contributed by atoms with E-state index in [9.17, 15) is 4.21 Å². The molecule has 2 aliphatic heterocycles. The highest BCUT2D eigenvalue weighted by Crippen LogP contribution is 2.34. The Morgan fingerprint density at radius 1 is 0.885 bits per heavy atom. The van der Waals surface area contributed by atoms with Crippen molar-refractivity contribution in [1.29, 1.82) is 0 Å². The third-order valence-corrected chi connectivity index (χ3v) is 5.04. The van der Waals surface area contributed by atoms with Crippen molar-refractivity contribution in [3.05, 3.63) is 71.8 Å². The molecule has 5 atom stereocenters. The van der Waals surface area contributed by atoms with Crippen LogP contribution < -0.4 is 0 Å². The quantitative estimate of drug-likeness (QED) is 0.740. The molecule has 2 saturated heterocycles. The van der Waals surface area contributed by atoms with Gasteiger partial charge in [0, 0.05) is 0 Å². The topological polar surface area (TPSA) is 63.2 Å². The van der Waals surface area contributed by atoms with Crippen molar-refractivity contribution in [2.45, 2.75) is 37.8 Å². The predicted octanol–water partition coefficient (Wildman–Crippen LogP) is 2.51. The van der Waals surface area contributed by atoms with Crippen LogP contribution in [0.1, 0.15) is 11.1 Å². The second kappa shape index (κ2) is 8.39. The average Bonchev–Trinajstić information content (AvgIpc) is 3.17. The molecule has 2 aromatic rings. The average molecular weight is 376 g/mol. The largest absolute Gasteiger partial charge is 0.374 e. The van der Waals surface area contributed by atoms with Crippen LogP contribution in [-0.4, -0.2) is 35.4 Å². The molecular weight excluding hydrogens is 356 g/mol. The molecule has 138 valence electrons. The maximum atomic E-state index is 11.5. The lowest BCUT2D eigenvalue weighted by Crippen LogP contribution is -2.37. The summed E-state index contributed by atoms with van der Waals surface area (Å²) in [5.41, 5.74) is 2.13. The Balaban J connectivity index is 1.36. The summed E-state index contributed by atoms with van der Waals surface area (Å²) in [5, 5.41) is 0. The molecule has 0 amide bonds. The van der Waals surface area contributed by atoms with Gasteiger partial charge in [0.2, 0.25) is 6.29 Å². The summed E-state index contributed by atoms with van der Waals surface area (Å²) in [4.78, 5) is 0. The summed E-state index contributed by atoms with van der Waals surface area (Å²) in [6.07, 6.45) is -1.98. The van der Waals surface area contributed by atoms with E-state index in [0.29, 0.717) is 19.8 Å². The molecule has 6 nitrogen and oxygen atoms in total. The SMILES string of the molecule is O=S1O[C@H]2O[C@H](COCc3ccccc3)[C@H](OCc3ccccc3)[C@H]2O1. The minimum Gasteiger partial charge on any atom is -0.374 e. The maximum Gasteiger partial charge on any atom is 0.307 e. The monoisotopic (exact) mass is 376 g/mol. The Hall–Kier alpha value is -1.61. The molecule has 2 aliphatic rings. The standard InChI is InChI=1S/C19H20O6S/c20-26-24-18-17(22-12-15-9-5-2-6-10-15)16(23-19(18)25-26)13-21-11-14-7-3-1-4-8-14/h1-10,16-19H,11-13H2/t16-,17+,18-,19-,26?/m1/s1. The van der Waals surface area contributed by atoms with Gasteiger partial charge >= 0.3 is 11.4 Å². The van der Waals surface area contributed by atoms with Crippen molar-refractivity contribution in [3.63, 3.8) is 0 Å². The summed E-state index contributed by atoms with van der Waals surface area (Å²) in [7, 11) is 0. The summed E-state index contributed by atoms with van der Waals surface area (Å²) in [6.45, 7) is 1.22. The molecule has 0 radical (unpaired) electrons. The highest BCUT2D eigenvalue weighted by atomic mass is 32.2. The second-order valence-electron chi connectivity index (χ2n) is 6.17. The highest BCUT2D eigenvalue weighted by Gasteiger charge is 2.53. The fourth-order valence-electron chi connectivity index (χ4n) is 3.03. The zero-order valence-corrected chi connectivity index (χ0v) is 14.9. The second-order valence-corrected chi connectivity index (χ2v) is 6.96. The molecule has 7 heteroatoms. The number of fused-ring (bicyclic) bond motifs is 1. The van der Waals surface area contributed by atoms with Crippen LogP contribution in [0.25, 0.3) is 0 Å². The van der Waals surface area contributed by atoms with E-state index in [1.165, 1.54) is 0 Å². The molecule has 0 bridgehead atoms. The van der Waals surface area contributed by atoms with Crippen molar-refractivity contribution >= 4 is 11.4 Å². The molecule has 2 heterocycles. The fraction of sp³-hybridized carbons (Fsp3) is 0.368. The van der Waals surface area contributed by atoms with E-state index in [-0.39, 0.29) is 6.10 Å². The van der Waals surface area contributed by atoms with E-state index >= 15 is 0 Å². The number of benzene rings is 2. The van der Waals surface area contributed by atoms with Gasteiger partial charge in [-0.05, 0) is 11.1 Å². The molecule has 0 aromatic heterocycles. The van der Waals surface area contributed by atoms with Crippen molar-refractivity contribution in [1.82, 2.24) is 0 Å². The zero-order chi connectivity index (χ0) is 17.8. The Kier molecular flexibility index (Phi) is 5.74. The molecule has 2 aromatic carbocycles. The first-order chi connectivity index (χ1) is 12.8. The van der Waals surface area contributed by atoms with Crippen LogP contribution in [0.15, 0.2) is 60.7 Å². The molecule has 0 spiro atoms. The zero-order valence-electron chi connectivity index (χ0n) is 14.1. The van der Waals surface area contributed by atoms with Gasteiger partial charge in [0.05, 0.1) is 19.8 Å². The van der Waals surface area contributed by atoms with E-state index < -0.39 is 29.9 Å². The molecule has 0 saturated carbocycles. The summed E-state index contributed by atoms with van der Waals surface area (Å²) >= 11 is -1.80. The molecule has 0 N–H and O–H groups in total. The van der Waals surface area contributed by atoms with Crippen LogP contribution in [0.4, 0.5) is 0 Å². The normalized spacial score (nSPS) is 30.4. The van der Waals surface area contributed by atoms with E-state index in [0.717, 1.165) is 11.1 Å². The van der Waals surface area contributed by atoms with Crippen LogP contribution in [0.5, 0.6) is 0 Å². The molecule has 1 unspecified atom stereocenters. The van der Waals surface area contributed by atoms with Gasteiger partial charge in [-0.25, -0.2) is 4.18 Å². The summed E-state index contributed by atoms with van der Waals surface area (Å²) < 4.78 is 39.6. The minimum absolute atomic E-state index is 0.334. The third-order valence-electron chi connectivity index (χ3n) is 4.31. The van der Waals surface area contributed by atoms with Gasteiger partial charge in [-0.15, -0.1) is 0 Å². The van der Waals surface area contributed by atoms with Gasteiger partial charge in [-0.3, -0.25) is 4.18 Å². The van der Waals surface area contributed by atoms with Crippen LogP contribution in [0.2, 0.25) is 0 Å². The van der Waals surface area contributed by atoms with Gasteiger partial charge in [0.25, 0.3) is 0 Å². The van der Waals surface area contributed by atoms with Crippen molar-refractivity contribution in [2.24, 2.45) is 0 Å². The summed E-state index contributed by atoms with van der Waals surface area (Å²) in [6, 6.07) is 19.7. The first-order valence-corrected chi connectivity index (χ1v) is 9.48. The maximum absolute atomic E-state index is 11.5. The van der Waals surface area contributed by atoms with Crippen LogP contribution >= 0.6 is 0 Å². The Morgan fingerprint density at radius 2 is 1.54 bits per heavy atom. The van der Waals surface area contributed by atoms with Crippen molar-refractivity contribution < 1.29 is 26.8 Å². The fourth-order valence-corrected chi connectivity index (χ4v) is 3.77. The Bertz CT molecular complexity index is 725. The smallest absolute Gasteiger partial charge is 0.307 e. The van der Waals surface area contributed by atoms with Crippen LogP contribution in [0.3, 0.4) is 0 Å². The highest BCUT2D eigenvalue weighted by molar-refractivity contribution is 7.75. The van der Waals surface area contributed by atoms with Gasteiger partial charge in [-0.1, -0.05) is 60.7 Å². The molecule has 26 heavy (non-hydrogen) atoms. The van der Waals surface area contributed by atoms with Crippen LogP contribution in [-0.2, 0) is 47.2 Å². The molecular formula is C19H20O6S. The number of hydrogen-bond donors (Lipinski definition) is 0. The number of ether oxygens (including phenoxy) is 3. The first-order valence-electron chi connectivity index (χ1n) is 8.48. The lowest BCUT2D eigenvalue weighted by atomic mass is 10.1. The van der Waals surface area contributed by atoms with Gasteiger partial charge in [0.15, 0.2) is 6.10 Å². The van der Waals surface area contributed by atoms with E-state index in [1.54, 1.807) is 0 Å². The predicted molar refractivity (Wildman–Crippen MR) is 93.9 cm³/mol. The van der Waals surface area contributed by atoms with E-state index in [1.807, 2.05) is 60.7 Å². The summed E-state index contributed by atoms with van der Waals surface area (Å²) in [5.74, 6) is 0. The van der Waals surface area contributed by atoms with E-state index in [2.05, 4.69) is 0 Å². The Labute approximate surface area is 154 Å². The Morgan fingerprint density at radius 3 is 2.23 bits per heavy atom. The van der Waals surface area contributed by atoms with Gasteiger partial charge in [-0.2, -0.15) is 4.21 Å². The molecule has 0 aliphatic carbocycles. The van der Waals surface area contributed by atoms with Crippen molar-refractivity contribution in [3.8, 4) is 0 Å². The molecule has 2 fully saturated rings. The van der Waals surface area contributed by atoms with Gasteiger partial charge < -0.3 is 14.2 Å². The molecule has 4 rings (SSSR count). The number of hydrogen-bond acceptors (Lipinski definition) is 6. The van der Waals surface area contributed by atoms with Crippen LogP contribution in [0, 0.1) is 0 Å². The minimum atomic E-state index is -1.80. The number of rotatable bonds is 7. The van der Waals surface area contributed by atoms with Crippen molar-refractivity contribution in [2.75, 3.05) is 6.61 Å². The third kappa shape index (κ3) is 4.20. The van der Waals surface area contributed by atoms with E-state index in [4.69, 9.17) is 22.6 Å². The first kappa shape index (κ1) is 17.8.